The van der Waals surface area contributed by atoms with Gasteiger partial charge in [0.1, 0.15) is 0 Å². The number of amides is 1. The zero-order valence-corrected chi connectivity index (χ0v) is 13.5. The highest BCUT2D eigenvalue weighted by Gasteiger charge is 2.37. The van der Waals surface area contributed by atoms with Crippen molar-refractivity contribution in [3.05, 3.63) is 0 Å². The highest BCUT2D eigenvalue weighted by molar-refractivity contribution is 5.81. The standard InChI is InChI=1S/C17H31N3O/c1-14(17(21)19-11-3-2-4-12-19)20(16-5-6-16)13-15-7-9-18-10-8-15/h14-16,18H,2-13H2,1H3. The Labute approximate surface area is 129 Å². The van der Waals surface area contributed by atoms with Gasteiger partial charge in [0.15, 0.2) is 0 Å². The summed E-state index contributed by atoms with van der Waals surface area (Å²) in [5.74, 6) is 1.17. The minimum absolute atomic E-state index is 0.0884. The number of hydrogen-bond acceptors (Lipinski definition) is 3. The second-order valence-corrected chi connectivity index (χ2v) is 7.18. The van der Waals surface area contributed by atoms with E-state index >= 15 is 0 Å². The molecule has 21 heavy (non-hydrogen) atoms. The van der Waals surface area contributed by atoms with Crippen LogP contribution >= 0.6 is 0 Å². The molecule has 1 N–H and O–H groups in total. The molecule has 4 nitrogen and oxygen atoms in total. The maximum atomic E-state index is 12.8. The Morgan fingerprint density at radius 1 is 1.14 bits per heavy atom. The van der Waals surface area contributed by atoms with Crippen molar-refractivity contribution in [2.24, 2.45) is 5.92 Å². The summed E-state index contributed by atoms with van der Waals surface area (Å²) in [5, 5.41) is 3.44. The van der Waals surface area contributed by atoms with Crippen molar-refractivity contribution in [2.45, 2.75) is 64.0 Å². The van der Waals surface area contributed by atoms with Gasteiger partial charge in [0.05, 0.1) is 6.04 Å². The van der Waals surface area contributed by atoms with E-state index in [0.717, 1.165) is 38.6 Å². The lowest BCUT2D eigenvalue weighted by Crippen LogP contribution is -2.51. The first-order valence-electron chi connectivity index (χ1n) is 9.01. The Kier molecular flexibility index (Phi) is 5.17. The molecule has 4 heteroatoms. The quantitative estimate of drug-likeness (QED) is 0.840. The fourth-order valence-electron chi connectivity index (χ4n) is 3.91. The van der Waals surface area contributed by atoms with Crippen molar-refractivity contribution < 1.29 is 4.79 Å². The summed E-state index contributed by atoms with van der Waals surface area (Å²) in [5.41, 5.74) is 0. The molecule has 1 unspecified atom stereocenters. The predicted molar refractivity (Wildman–Crippen MR) is 85.2 cm³/mol. The average Bonchev–Trinajstić information content (AvgIpc) is 3.38. The fraction of sp³-hybridized carbons (Fsp3) is 0.941. The van der Waals surface area contributed by atoms with Crippen LogP contribution in [0.1, 0.15) is 51.9 Å². The lowest BCUT2D eigenvalue weighted by molar-refractivity contribution is -0.137. The molecule has 2 aliphatic heterocycles. The van der Waals surface area contributed by atoms with Gasteiger partial charge in [-0.2, -0.15) is 0 Å². The molecule has 1 saturated carbocycles. The third-order valence-electron chi connectivity index (χ3n) is 5.47. The average molecular weight is 293 g/mol. The minimum Gasteiger partial charge on any atom is -0.341 e. The molecule has 0 radical (unpaired) electrons. The molecular weight excluding hydrogens is 262 g/mol. The van der Waals surface area contributed by atoms with Crippen LogP contribution in [-0.4, -0.2) is 60.5 Å². The van der Waals surface area contributed by atoms with Crippen LogP contribution in [0, 0.1) is 5.92 Å². The zero-order chi connectivity index (χ0) is 14.7. The van der Waals surface area contributed by atoms with Crippen LogP contribution in [0.2, 0.25) is 0 Å². The van der Waals surface area contributed by atoms with Crippen molar-refractivity contribution >= 4 is 5.91 Å². The van der Waals surface area contributed by atoms with Crippen LogP contribution in [0.4, 0.5) is 0 Å². The molecule has 0 aromatic rings. The molecule has 3 aliphatic rings. The fourth-order valence-corrected chi connectivity index (χ4v) is 3.91. The number of rotatable bonds is 5. The van der Waals surface area contributed by atoms with Crippen LogP contribution in [0.15, 0.2) is 0 Å². The van der Waals surface area contributed by atoms with Gasteiger partial charge < -0.3 is 10.2 Å². The Morgan fingerprint density at radius 2 is 1.81 bits per heavy atom. The van der Waals surface area contributed by atoms with Gasteiger partial charge in [0.2, 0.25) is 5.91 Å². The molecular formula is C17H31N3O. The minimum atomic E-state index is 0.0884. The highest BCUT2D eigenvalue weighted by atomic mass is 16.2. The lowest BCUT2D eigenvalue weighted by atomic mass is 9.96. The number of carbonyl (C=O) groups excluding carboxylic acids is 1. The summed E-state index contributed by atoms with van der Waals surface area (Å²) in [6, 6.07) is 0.772. The van der Waals surface area contributed by atoms with Crippen LogP contribution in [0.25, 0.3) is 0 Å². The summed E-state index contributed by atoms with van der Waals surface area (Å²) in [6.07, 6.45) is 8.80. The van der Waals surface area contributed by atoms with E-state index in [4.69, 9.17) is 0 Å². The first-order valence-corrected chi connectivity index (χ1v) is 9.01. The van der Waals surface area contributed by atoms with Crippen LogP contribution in [0.5, 0.6) is 0 Å². The van der Waals surface area contributed by atoms with Crippen LogP contribution in [0.3, 0.4) is 0 Å². The molecule has 0 bridgehead atoms. The van der Waals surface area contributed by atoms with Gasteiger partial charge in [0, 0.05) is 25.7 Å². The van der Waals surface area contributed by atoms with Gasteiger partial charge in [-0.25, -0.2) is 0 Å². The van der Waals surface area contributed by atoms with Crippen molar-refractivity contribution in [2.75, 3.05) is 32.7 Å². The molecule has 0 aromatic heterocycles. The van der Waals surface area contributed by atoms with Gasteiger partial charge >= 0.3 is 0 Å². The first-order chi connectivity index (χ1) is 10.3. The maximum absolute atomic E-state index is 12.8. The smallest absolute Gasteiger partial charge is 0.239 e. The van der Waals surface area contributed by atoms with Gasteiger partial charge in [-0.15, -0.1) is 0 Å². The summed E-state index contributed by atoms with van der Waals surface area (Å²) >= 11 is 0. The molecule has 3 fully saturated rings. The molecule has 3 rings (SSSR count). The summed E-state index contributed by atoms with van der Waals surface area (Å²) in [7, 11) is 0. The van der Waals surface area contributed by atoms with E-state index in [1.165, 1.54) is 44.9 Å². The van der Waals surface area contributed by atoms with E-state index in [9.17, 15) is 4.79 Å². The zero-order valence-electron chi connectivity index (χ0n) is 13.5. The normalized spacial score (nSPS) is 26.1. The van der Waals surface area contributed by atoms with Gasteiger partial charge in [-0.1, -0.05) is 0 Å². The van der Waals surface area contributed by atoms with E-state index in [2.05, 4.69) is 22.0 Å². The Bertz CT molecular complexity index is 344. The largest absolute Gasteiger partial charge is 0.341 e. The van der Waals surface area contributed by atoms with Crippen molar-refractivity contribution in [3.63, 3.8) is 0 Å². The molecule has 2 heterocycles. The SMILES string of the molecule is CC(C(=O)N1CCCCC1)N(CC1CCNCC1)C1CC1. The molecule has 1 amide bonds. The number of nitrogens with one attached hydrogen (secondary N) is 1. The summed E-state index contributed by atoms with van der Waals surface area (Å²) in [6.45, 7) is 7.54. The highest BCUT2D eigenvalue weighted by Crippen LogP contribution is 2.31. The van der Waals surface area contributed by atoms with E-state index in [-0.39, 0.29) is 6.04 Å². The van der Waals surface area contributed by atoms with E-state index < -0.39 is 0 Å². The lowest BCUT2D eigenvalue weighted by Gasteiger charge is -2.37. The molecule has 2 saturated heterocycles. The molecule has 1 aliphatic carbocycles. The van der Waals surface area contributed by atoms with Crippen molar-refractivity contribution in [1.29, 1.82) is 0 Å². The molecule has 120 valence electrons. The number of carbonyl (C=O) groups is 1. The Balaban J connectivity index is 1.58. The second-order valence-electron chi connectivity index (χ2n) is 7.18. The van der Waals surface area contributed by atoms with E-state index in [1.807, 2.05) is 0 Å². The third-order valence-corrected chi connectivity index (χ3v) is 5.47. The van der Waals surface area contributed by atoms with Crippen molar-refractivity contribution in [3.8, 4) is 0 Å². The van der Waals surface area contributed by atoms with E-state index in [1.54, 1.807) is 0 Å². The second kappa shape index (κ2) is 7.10. The topological polar surface area (TPSA) is 35.6 Å². The monoisotopic (exact) mass is 293 g/mol. The number of hydrogen-bond donors (Lipinski definition) is 1. The molecule has 0 aromatic carbocycles. The number of piperidine rings is 2. The molecule has 1 atom stereocenters. The first kappa shape index (κ1) is 15.3. The Morgan fingerprint density at radius 3 is 2.43 bits per heavy atom. The van der Waals surface area contributed by atoms with Gasteiger partial charge in [-0.3, -0.25) is 9.69 Å². The number of nitrogens with zero attached hydrogens (tertiary/aromatic N) is 2. The van der Waals surface area contributed by atoms with Crippen LogP contribution in [-0.2, 0) is 4.79 Å². The van der Waals surface area contributed by atoms with E-state index in [0.29, 0.717) is 11.9 Å². The van der Waals surface area contributed by atoms with Gasteiger partial charge in [-0.05, 0) is 70.9 Å². The Hall–Kier alpha value is -0.610. The molecule has 0 spiro atoms. The number of likely N-dealkylation sites (tertiary alicyclic amines) is 1. The van der Waals surface area contributed by atoms with Crippen molar-refractivity contribution in [1.82, 2.24) is 15.1 Å². The van der Waals surface area contributed by atoms with Crippen LogP contribution < -0.4 is 5.32 Å². The third kappa shape index (κ3) is 3.98. The summed E-state index contributed by atoms with van der Waals surface area (Å²) in [4.78, 5) is 17.4. The van der Waals surface area contributed by atoms with Gasteiger partial charge in [0.25, 0.3) is 0 Å². The maximum Gasteiger partial charge on any atom is 0.239 e. The predicted octanol–water partition coefficient (Wildman–Crippen LogP) is 1.85. The summed E-state index contributed by atoms with van der Waals surface area (Å²) < 4.78 is 0.